The highest BCUT2D eigenvalue weighted by Gasteiger charge is 2.18. The number of aromatic amines is 1. The van der Waals surface area contributed by atoms with Gasteiger partial charge in [0.15, 0.2) is 4.77 Å². The molecule has 0 atom stereocenters. The van der Waals surface area contributed by atoms with Crippen molar-refractivity contribution in [1.29, 1.82) is 0 Å². The van der Waals surface area contributed by atoms with Crippen molar-refractivity contribution in [2.45, 2.75) is 52.0 Å². The van der Waals surface area contributed by atoms with Gasteiger partial charge in [-0.1, -0.05) is 32.6 Å². The topological polar surface area (TPSA) is 33.6 Å². The Bertz CT molecular complexity index is 360. The van der Waals surface area contributed by atoms with Crippen molar-refractivity contribution in [1.82, 2.24) is 14.8 Å². The Hall–Kier alpha value is -0.640. The maximum Gasteiger partial charge on any atom is 0.195 e. The SMILES string of the molecule is CCCn1c(CC2CCCC2)n[nH]c1=S. The van der Waals surface area contributed by atoms with E-state index in [1.165, 1.54) is 25.7 Å². The van der Waals surface area contributed by atoms with Gasteiger partial charge in [0.05, 0.1) is 0 Å². The van der Waals surface area contributed by atoms with Gasteiger partial charge in [0, 0.05) is 13.0 Å². The van der Waals surface area contributed by atoms with Gasteiger partial charge in [-0.2, -0.15) is 5.10 Å². The summed E-state index contributed by atoms with van der Waals surface area (Å²) in [6.07, 6.45) is 7.74. The smallest absolute Gasteiger partial charge is 0.195 e. The van der Waals surface area contributed by atoms with Crippen molar-refractivity contribution in [3.05, 3.63) is 10.6 Å². The molecule has 2 rings (SSSR count). The van der Waals surface area contributed by atoms with Gasteiger partial charge in [0.2, 0.25) is 0 Å². The van der Waals surface area contributed by atoms with Gasteiger partial charge in [-0.25, -0.2) is 0 Å². The summed E-state index contributed by atoms with van der Waals surface area (Å²) >= 11 is 5.22. The zero-order valence-corrected chi connectivity index (χ0v) is 10.1. The lowest BCUT2D eigenvalue weighted by molar-refractivity contribution is 0.505. The fourth-order valence-electron chi connectivity index (χ4n) is 2.43. The highest BCUT2D eigenvalue weighted by atomic mass is 32.1. The monoisotopic (exact) mass is 225 g/mol. The van der Waals surface area contributed by atoms with Crippen LogP contribution in [0.5, 0.6) is 0 Å². The van der Waals surface area contributed by atoms with Crippen LogP contribution in [0.3, 0.4) is 0 Å². The van der Waals surface area contributed by atoms with Crippen molar-refractivity contribution >= 4 is 12.2 Å². The highest BCUT2D eigenvalue weighted by molar-refractivity contribution is 7.71. The van der Waals surface area contributed by atoms with Gasteiger partial charge in [0.25, 0.3) is 0 Å². The molecule has 0 spiro atoms. The van der Waals surface area contributed by atoms with Crippen molar-refractivity contribution in [2.24, 2.45) is 5.92 Å². The third-order valence-electron chi connectivity index (χ3n) is 3.23. The first-order valence-electron chi connectivity index (χ1n) is 5.95. The van der Waals surface area contributed by atoms with E-state index in [0.29, 0.717) is 0 Å². The lowest BCUT2D eigenvalue weighted by atomic mass is 10.0. The molecule has 1 aromatic heterocycles. The van der Waals surface area contributed by atoms with Crippen LogP contribution >= 0.6 is 12.2 Å². The van der Waals surface area contributed by atoms with Crippen LogP contribution in [-0.2, 0) is 13.0 Å². The Morgan fingerprint density at radius 2 is 2.20 bits per heavy atom. The van der Waals surface area contributed by atoms with Crippen LogP contribution in [0.4, 0.5) is 0 Å². The minimum atomic E-state index is 0.782. The number of nitrogens with zero attached hydrogens (tertiary/aromatic N) is 2. The van der Waals surface area contributed by atoms with Gasteiger partial charge in [-0.15, -0.1) is 0 Å². The second-order valence-electron chi connectivity index (χ2n) is 4.45. The summed E-state index contributed by atoms with van der Waals surface area (Å²) in [5.74, 6) is 2.00. The first-order valence-corrected chi connectivity index (χ1v) is 6.36. The molecule has 1 saturated carbocycles. The van der Waals surface area contributed by atoms with Gasteiger partial charge < -0.3 is 4.57 Å². The molecule has 0 amide bonds. The molecule has 1 aromatic rings. The van der Waals surface area contributed by atoms with Gasteiger partial charge >= 0.3 is 0 Å². The summed E-state index contributed by atoms with van der Waals surface area (Å²) in [7, 11) is 0. The molecule has 84 valence electrons. The Morgan fingerprint density at radius 3 is 2.87 bits per heavy atom. The van der Waals surface area contributed by atoms with Crippen LogP contribution < -0.4 is 0 Å². The molecule has 3 nitrogen and oxygen atoms in total. The molecule has 0 aliphatic heterocycles. The zero-order chi connectivity index (χ0) is 10.7. The highest BCUT2D eigenvalue weighted by Crippen LogP contribution is 2.27. The molecule has 15 heavy (non-hydrogen) atoms. The van der Waals surface area contributed by atoms with E-state index < -0.39 is 0 Å². The Balaban J connectivity index is 2.09. The van der Waals surface area contributed by atoms with E-state index in [0.717, 1.165) is 35.9 Å². The van der Waals surface area contributed by atoms with E-state index in [9.17, 15) is 0 Å². The lowest BCUT2D eigenvalue weighted by Crippen LogP contribution is -2.08. The van der Waals surface area contributed by atoms with E-state index in [2.05, 4.69) is 21.7 Å². The summed E-state index contributed by atoms with van der Waals surface area (Å²) in [5.41, 5.74) is 0. The average Bonchev–Trinajstić information content (AvgIpc) is 2.83. The van der Waals surface area contributed by atoms with Crippen LogP contribution in [0.25, 0.3) is 0 Å². The maximum atomic E-state index is 5.22. The minimum absolute atomic E-state index is 0.782. The molecule has 1 fully saturated rings. The predicted molar refractivity (Wildman–Crippen MR) is 63.4 cm³/mol. The van der Waals surface area contributed by atoms with E-state index in [4.69, 9.17) is 12.2 Å². The molecular weight excluding hydrogens is 206 g/mol. The number of hydrogen-bond donors (Lipinski definition) is 1. The third-order valence-corrected chi connectivity index (χ3v) is 3.54. The molecule has 1 aliphatic rings. The van der Waals surface area contributed by atoms with Crippen LogP contribution in [0.1, 0.15) is 44.9 Å². The molecule has 1 aliphatic carbocycles. The summed E-state index contributed by atoms with van der Waals surface area (Å²) in [5, 5.41) is 7.26. The van der Waals surface area contributed by atoms with E-state index in [1.807, 2.05) is 0 Å². The Morgan fingerprint density at radius 1 is 1.47 bits per heavy atom. The molecule has 1 heterocycles. The van der Waals surface area contributed by atoms with Gasteiger partial charge in [0.1, 0.15) is 5.82 Å². The summed E-state index contributed by atoms with van der Waals surface area (Å²) in [6, 6.07) is 0. The number of rotatable bonds is 4. The molecular formula is C11H19N3S. The first kappa shape index (κ1) is 10.9. The third kappa shape index (κ3) is 2.48. The molecule has 0 bridgehead atoms. The molecule has 0 saturated heterocycles. The first-order chi connectivity index (χ1) is 7.31. The van der Waals surface area contributed by atoms with Crippen molar-refractivity contribution < 1.29 is 0 Å². The van der Waals surface area contributed by atoms with Crippen LogP contribution in [0.2, 0.25) is 0 Å². The quantitative estimate of drug-likeness (QED) is 0.799. The van der Waals surface area contributed by atoms with Crippen molar-refractivity contribution in [3.63, 3.8) is 0 Å². The number of nitrogens with one attached hydrogen (secondary N) is 1. The standard InChI is InChI=1S/C11H19N3S/c1-2-7-14-10(12-13-11(14)15)8-9-5-3-4-6-9/h9H,2-8H2,1H3,(H,13,15). The molecule has 4 heteroatoms. The number of aromatic nitrogens is 3. The number of H-pyrrole nitrogens is 1. The van der Waals surface area contributed by atoms with Crippen molar-refractivity contribution in [2.75, 3.05) is 0 Å². The van der Waals surface area contributed by atoms with Crippen LogP contribution in [-0.4, -0.2) is 14.8 Å². The predicted octanol–water partition coefficient (Wildman–Crippen LogP) is 3.08. The summed E-state index contributed by atoms with van der Waals surface area (Å²) < 4.78 is 2.94. The largest absolute Gasteiger partial charge is 0.304 e. The second kappa shape index (κ2) is 4.92. The Kier molecular flexibility index (Phi) is 3.57. The molecule has 0 aromatic carbocycles. The fraction of sp³-hybridized carbons (Fsp3) is 0.818. The van der Waals surface area contributed by atoms with E-state index in [-0.39, 0.29) is 0 Å². The van der Waals surface area contributed by atoms with E-state index >= 15 is 0 Å². The van der Waals surface area contributed by atoms with Crippen LogP contribution in [0.15, 0.2) is 0 Å². The summed E-state index contributed by atoms with van der Waals surface area (Å²) in [4.78, 5) is 0. The molecule has 1 N–H and O–H groups in total. The number of hydrogen-bond acceptors (Lipinski definition) is 2. The van der Waals surface area contributed by atoms with Gasteiger partial charge in [-0.05, 0) is 24.6 Å². The van der Waals surface area contributed by atoms with E-state index in [1.54, 1.807) is 0 Å². The zero-order valence-electron chi connectivity index (χ0n) is 9.33. The maximum absolute atomic E-state index is 5.22. The normalized spacial score (nSPS) is 17.4. The average molecular weight is 225 g/mol. The minimum Gasteiger partial charge on any atom is -0.304 e. The van der Waals surface area contributed by atoms with Crippen molar-refractivity contribution in [3.8, 4) is 0 Å². The van der Waals surface area contributed by atoms with Gasteiger partial charge in [-0.3, -0.25) is 5.10 Å². The second-order valence-corrected chi connectivity index (χ2v) is 4.84. The lowest BCUT2D eigenvalue weighted by Gasteiger charge is -2.09. The molecule has 0 unspecified atom stereocenters. The summed E-state index contributed by atoms with van der Waals surface area (Å²) in [6.45, 7) is 3.17. The molecule has 0 radical (unpaired) electrons. The van der Waals surface area contributed by atoms with Crippen LogP contribution in [0, 0.1) is 10.7 Å². The Labute approximate surface area is 95.9 Å². The fourth-order valence-corrected chi connectivity index (χ4v) is 2.68.